The molecule has 0 saturated heterocycles. The van der Waals surface area contributed by atoms with Gasteiger partial charge in [-0.2, -0.15) is 0 Å². The van der Waals surface area contributed by atoms with Gasteiger partial charge < -0.3 is 11.1 Å². The van der Waals surface area contributed by atoms with Crippen LogP contribution in [0.5, 0.6) is 0 Å². The number of carbonyl (C=O) groups excluding carboxylic acids is 1. The molecule has 1 aromatic rings. The Morgan fingerprint density at radius 3 is 2.21 bits per heavy atom. The molecule has 0 heterocycles. The molecule has 3 N–H and O–H groups in total. The van der Waals surface area contributed by atoms with Gasteiger partial charge in [-0.15, -0.1) is 0 Å². The van der Waals surface area contributed by atoms with Crippen molar-refractivity contribution in [3.05, 3.63) is 35.4 Å². The normalized spacial score (nSPS) is 15.9. The van der Waals surface area contributed by atoms with Crippen LogP contribution >= 0.6 is 0 Å². The minimum absolute atomic E-state index is 0.0250. The highest BCUT2D eigenvalue weighted by molar-refractivity contribution is 5.79. The average molecular weight is 262 g/mol. The third-order valence-electron chi connectivity index (χ3n) is 3.69. The van der Waals surface area contributed by atoms with Crippen molar-refractivity contribution in [2.24, 2.45) is 17.6 Å². The van der Waals surface area contributed by atoms with E-state index in [1.807, 2.05) is 26.0 Å². The van der Waals surface area contributed by atoms with E-state index in [0.29, 0.717) is 5.92 Å². The summed E-state index contributed by atoms with van der Waals surface area (Å²) in [6, 6.07) is 8.09. The summed E-state index contributed by atoms with van der Waals surface area (Å²) >= 11 is 0. The largest absolute Gasteiger partial charge is 0.349 e. The minimum Gasteiger partial charge on any atom is -0.349 e. The minimum atomic E-state index is -0.176. The van der Waals surface area contributed by atoms with E-state index in [4.69, 9.17) is 5.73 Å². The van der Waals surface area contributed by atoms with Gasteiger partial charge in [0.1, 0.15) is 0 Å². The van der Waals surface area contributed by atoms with Gasteiger partial charge in [0.2, 0.25) is 5.91 Å². The molecule has 0 spiro atoms. The van der Waals surface area contributed by atoms with E-state index < -0.39 is 0 Å². The van der Waals surface area contributed by atoms with Gasteiger partial charge in [0.25, 0.3) is 0 Å². The number of amides is 1. The molecule has 0 aliphatic rings. The molecule has 3 atom stereocenters. The number of hydrogen-bond acceptors (Lipinski definition) is 2. The Morgan fingerprint density at radius 1 is 1.16 bits per heavy atom. The van der Waals surface area contributed by atoms with Crippen molar-refractivity contribution in [2.75, 3.05) is 0 Å². The van der Waals surface area contributed by atoms with Crippen LogP contribution in [0.4, 0.5) is 0 Å². The summed E-state index contributed by atoms with van der Waals surface area (Å²) in [4.78, 5) is 12.2. The van der Waals surface area contributed by atoms with Crippen molar-refractivity contribution >= 4 is 5.91 Å². The lowest BCUT2D eigenvalue weighted by molar-refractivity contribution is -0.126. The molecule has 0 saturated carbocycles. The summed E-state index contributed by atoms with van der Waals surface area (Å²) in [6.07, 6.45) is 0. The van der Waals surface area contributed by atoms with E-state index in [0.717, 1.165) is 0 Å². The van der Waals surface area contributed by atoms with Crippen LogP contribution in [-0.4, -0.2) is 11.9 Å². The van der Waals surface area contributed by atoms with Crippen molar-refractivity contribution in [1.29, 1.82) is 0 Å². The summed E-state index contributed by atoms with van der Waals surface area (Å²) in [7, 11) is 0. The fraction of sp³-hybridized carbons (Fsp3) is 0.562. The van der Waals surface area contributed by atoms with Gasteiger partial charge >= 0.3 is 0 Å². The van der Waals surface area contributed by atoms with Gasteiger partial charge in [0.15, 0.2) is 0 Å². The van der Waals surface area contributed by atoms with Crippen LogP contribution in [0.25, 0.3) is 0 Å². The predicted molar refractivity (Wildman–Crippen MR) is 79.7 cm³/mol. The first-order chi connectivity index (χ1) is 8.84. The lowest BCUT2D eigenvalue weighted by atomic mass is 9.91. The second-order valence-electron chi connectivity index (χ2n) is 5.73. The summed E-state index contributed by atoms with van der Waals surface area (Å²) in [5.41, 5.74) is 8.18. The quantitative estimate of drug-likeness (QED) is 0.857. The Labute approximate surface area is 116 Å². The van der Waals surface area contributed by atoms with Crippen molar-refractivity contribution in [3.8, 4) is 0 Å². The molecule has 0 aliphatic carbocycles. The van der Waals surface area contributed by atoms with E-state index in [2.05, 4.69) is 38.2 Å². The van der Waals surface area contributed by atoms with Crippen LogP contribution in [0.15, 0.2) is 24.3 Å². The molecule has 3 heteroatoms. The van der Waals surface area contributed by atoms with Gasteiger partial charge in [0, 0.05) is 12.0 Å². The number of nitrogens with two attached hydrogens (primary N) is 1. The fourth-order valence-corrected chi connectivity index (χ4v) is 2.06. The second-order valence-corrected chi connectivity index (χ2v) is 5.73. The smallest absolute Gasteiger partial charge is 0.224 e. The second kappa shape index (κ2) is 6.71. The third-order valence-corrected chi connectivity index (χ3v) is 3.69. The van der Waals surface area contributed by atoms with Crippen molar-refractivity contribution < 1.29 is 4.79 Å². The highest BCUT2D eigenvalue weighted by atomic mass is 16.2. The van der Waals surface area contributed by atoms with Gasteiger partial charge in [-0.05, 0) is 30.9 Å². The molecule has 0 aromatic heterocycles. The first kappa shape index (κ1) is 15.7. The topological polar surface area (TPSA) is 55.1 Å². The number of aryl methyl sites for hydroxylation is 1. The standard InChI is InChI=1S/C16H26N2O/c1-10(2)15(14-9-7-6-8-11(14)3)18-16(19)12(4)13(5)17/h6-10,12-13,15H,17H2,1-5H3,(H,18,19). The van der Waals surface area contributed by atoms with Crippen molar-refractivity contribution in [1.82, 2.24) is 5.32 Å². The number of carbonyl (C=O) groups is 1. The molecule has 1 rings (SSSR count). The number of hydrogen-bond donors (Lipinski definition) is 2. The van der Waals surface area contributed by atoms with Gasteiger partial charge in [-0.25, -0.2) is 0 Å². The first-order valence-corrected chi connectivity index (χ1v) is 6.96. The van der Waals surface area contributed by atoms with E-state index in [9.17, 15) is 4.79 Å². The van der Waals surface area contributed by atoms with E-state index in [1.54, 1.807) is 0 Å². The number of nitrogens with one attached hydrogen (secondary N) is 1. The van der Waals surface area contributed by atoms with Crippen LogP contribution in [-0.2, 0) is 4.79 Å². The first-order valence-electron chi connectivity index (χ1n) is 6.96. The average Bonchev–Trinajstić information content (AvgIpc) is 2.35. The molecular weight excluding hydrogens is 236 g/mol. The lowest BCUT2D eigenvalue weighted by Crippen LogP contribution is -2.41. The summed E-state index contributed by atoms with van der Waals surface area (Å²) in [5, 5.41) is 3.14. The number of benzene rings is 1. The molecule has 106 valence electrons. The molecular formula is C16H26N2O. The molecule has 0 bridgehead atoms. The Bertz CT molecular complexity index is 427. The van der Waals surface area contributed by atoms with Crippen LogP contribution in [0, 0.1) is 18.8 Å². The maximum absolute atomic E-state index is 12.2. The molecule has 0 fully saturated rings. The molecule has 3 unspecified atom stereocenters. The highest BCUT2D eigenvalue weighted by Gasteiger charge is 2.24. The zero-order valence-corrected chi connectivity index (χ0v) is 12.6. The number of rotatable bonds is 5. The van der Waals surface area contributed by atoms with E-state index in [1.165, 1.54) is 11.1 Å². The fourth-order valence-electron chi connectivity index (χ4n) is 2.06. The summed E-state index contributed by atoms with van der Waals surface area (Å²) in [6.45, 7) is 10.0. The van der Waals surface area contributed by atoms with E-state index in [-0.39, 0.29) is 23.9 Å². The van der Waals surface area contributed by atoms with Gasteiger partial charge in [-0.3, -0.25) is 4.79 Å². The maximum Gasteiger partial charge on any atom is 0.224 e. The Balaban J connectivity index is 2.92. The molecule has 3 nitrogen and oxygen atoms in total. The highest BCUT2D eigenvalue weighted by Crippen LogP contribution is 2.25. The lowest BCUT2D eigenvalue weighted by Gasteiger charge is -2.27. The van der Waals surface area contributed by atoms with Crippen LogP contribution < -0.4 is 11.1 Å². The molecule has 1 aromatic carbocycles. The van der Waals surface area contributed by atoms with Crippen molar-refractivity contribution in [3.63, 3.8) is 0 Å². The zero-order valence-electron chi connectivity index (χ0n) is 12.6. The van der Waals surface area contributed by atoms with E-state index >= 15 is 0 Å². The monoisotopic (exact) mass is 262 g/mol. The Hall–Kier alpha value is -1.35. The predicted octanol–water partition coefficient (Wildman–Crippen LogP) is 2.79. The van der Waals surface area contributed by atoms with Crippen LogP contribution in [0.1, 0.15) is 44.9 Å². The van der Waals surface area contributed by atoms with Crippen molar-refractivity contribution in [2.45, 2.75) is 46.7 Å². The molecule has 19 heavy (non-hydrogen) atoms. The molecule has 0 aliphatic heterocycles. The molecule has 1 amide bonds. The summed E-state index contributed by atoms with van der Waals surface area (Å²) < 4.78 is 0. The maximum atomic E-state index is 12.2. The SMILES string of the molecule is Cc1ccccc1C(NC(=O)C(C)C(C)N)C(C)C. The zero-order chi connectivity index (χ0) is 14.6. The van der Waals surface area contributed by atoms with Gasteiger partial charge in [-0.1, -0.05) is 45.0 Å². The molecule has 0 radical (unpaired) electrons. The van der Waals surface area contributed by atoms with Gasteiger partial charge in [0.05, 0.1) is 6.04 Å². The Kier molecular flexibility index (Phi) is 5.55. The summed E-state index contributed by atoms with van der Waals surface area (Å²) in [5.74, 6) is 0.188. The third kappa shape index (κ3) is 4.06. The Morgan fingerprint density at radius 2 is 1.74 bits per heavy atom. The van der Waals surface area contributed by atoms with Crippen LogP contribution in [0.2, 0.25) is 0 Å². The van der Waals surface area contributed by atoms with Crippen LogP contribution in [0.3, 0.4) is 0 Å².